The van der Waals surface area contributed by atoms with Gasteiger partial charge in [-0.25, -0.2) is 8.42 Å². The van der Waals surface area contributed by atoms with Crippen molar-refractivity contribution in [3.8, 4) is 0 Å². The average molecular weight is 300 g/mol. The van der Waals surface area contributed by atoms with Gasteiger partial charge in [0.2, 0.25) is 5.91 Å². The zero-order chi connectivity index (χ0) is 15.3. The van der Waals surface area contributed by atoms with Gasteiger partial charge >= 0.3 is 0 Å². The van der Waals surface area contributed by atoms with Crippen LogP contribution in [0.25, 0.3) is 0 Å². The number of amides is 1. The van der Waals surface area contributed by atoms with Gasteiger partial charge in [-0.2, -0.15) is 0 Å². The van der Waals surface area contributed by atoms with Crippen LogP contribution < -0.4 is 4.90 Å². The van der Waals surface area contributed by atoms with Crippen molar-refractivity contribution in [2.45, 2.75) is 20.3 Å². The molecule has 0 aromatic heterocycles. The number of para-hydroxylation sites is 1. The number of anilines is 1. The molecule has 1 rings (SSSR count). The Bertz CT molecular complexity index is 582. The molecule has 7 heteroatoms. The first-order valence-electron chi connectivity index (χ1n) is 6.11. The minimum Gasteiger partial charge on any atom is -0.748 e. The monoisotopic (exact) mass is 300 g/mol. The molecular formula is C13H18NO5S-. The van der Waals surface area contributed by atoms with Gasteiger partial charge < -0.3 is 9.29 Å². The van der Waals surface area contributed by atoms with Crippen molar-refractivity contribution in [2.75, 3.05) is 24.5 Å². The second kappa shape index (κ2) is 6.83. The molecule has 0 saturated carbocycles. The van der Waals surface area contributed by atoms with Gasteiger partial charge in [0.25, 0.3) is 0 Å². The number of nitrogens with zero attached hydrogens (tertiary/aromatic N) is 1. The van der Waals surface area contributed by atoms with E-state index in [0.29, 0.717) is 12.1 Å². The molecule has 0 saturated heterocycles. The van der Waals surface area contributed by atoms with Gasteiger partial charge in [0, 0.05) is 7.11 Å². The van der Waals surface area contributed by atoms with Gasteiger partial charge in [0.15, 0.2) is 0 Å². The molecule has 0 bridgehead atoms. The van der Waals surface area contributed by atoms with Crippen molar-refractivity contribution < 1.29 is 22.5 Å². The van der Waals surface area contributed by atoms with E-state index >= 15 is 0 Å². The predicted octanol–water partition coefficient (Wildman–Crippen LogP) is 1.04. The van der Waals surface area contributed by atoms with Crippen LogP contribution in [0, 0.1) is 6.92 Å². The van der Waals surface area contributed by atoms with Crippen molar-refractivity contribution in [2.24, 2.45) is 0 Å². The van der Waals surface area contributed by atoms with Crippen LogP contribution >= 0.6 is 0 Å². The fourth-order valence-corrected chi connectivity index (χ4v) is 2.47. The summed E-state index contributed by atoms with van der Waals surface area (Å²) in [5.41, 5.74) is 2.31. The van der Waals surface area contributed by atoms with E-state index in [1.54, 1.807) is 0 Å². The van der Waals surface area contributed by atoms with Crippen molar-refractivity contribution in [1.29, 1.82) is 0 Å². The van der Waals surface area contributed by atoms with Gasteiger partial charge in [-0.15, -0.1) is 0 Å². The van der Waals surface area contributed by atoms with Crippen LogP contribution in [0.2, 0.25) is 0 Å². The second-order valence-corrected chi connectivity index (χ2v) is 5.78. The lowest BCUT2D eigenvalue weighted by Crippen LogP contribution is -2.38. The fraction of sp³-hybridized carbons (Fsp3) is 0.462. The van der Waals surface area contributed by atoms with Crippen LogP contribution in [0.15, 0.2) is 18.2 Å². The molecule has 0 atom stereocenters. The molecule has 6 nitrogen and oxygen atoms in total. The summed E-state index contributed by atoms with van der Waals surface area (Å²) in [5, 5.41) is 0. The van der Waals surface area contributed by atoms with Crippen molar-refractivity contribution in [3.05, 3.63) is 29.3 Å². The topological polar surface area (TPSA) is 86.7 Å². The SMILES string of the molecule is CCc1cccc(C)c1N(COC)C(=O)CS(=O)(=O)[O-]. The second-order valence-electron chi connectivity index (χ2n) is 4.38. The predicted molar refractivity (Wildman–Crippen MR) is 74.5 cm³/mol. The van der Waals surface area contributed by atoms with Gasteiger partial charge in [-0.05, 0) is 24.5 Å². The molecule has 20 heavy (non-hydrogen) atoms. The molecule has 0 N–H and O–H groups in total. The van der Waals surface area contributed by atoms with Crippen LogP contribution in [0.5, 0.6) is 0 Å². The third kappa shape index (κ3) is 4.29. The Hall–Kier alpha value is -1.44. The molecular weight excluding hydrogens is 282 g/mol. The molecule has 0 spiro atoms. The third-order valence-corrected chi connectivity index (χ3v) is 3.43. The summed E-state index contributed by atoms with van der Waals surface area (Å²) in [5.74, 6) is -1.86. The summed E-state index contributed by atoms with van der Waals surface area (Å²) < 4.78 is 37.3. The highest BCUT2D eigenvalue weighted by Crippen LogP contribution is 2.26. The van der Waals surface area contributed by atoms with E-state index in [1.165, 1.54) is 12.0 Å². The molecule has 0 aliphatic carbocycles. The molecule has 0 aliphatic heterocycles. The molecule has 1 amide bonds. The summed E-state index contributed by atoms with van der Waals surface area (Å²) in [6, 6.07) is 5.53. The standard InChI is InChI=1S/C13H19NO5S/c1-4-11-7-5-6-10(2)13(11)14(9-19-3)12(15)8-20(16,17)18/h5-7H,4,8-9H2,1-3H3,(H,16,17,18)/p-1. The van der Waals surface area contributed by atoms with Gasteiger partial charge in [-0.1, -0.05) is 25.1 Å². The average Bonchev–Trinajstić information content (AvgIpc) is 2.34. The summed E-state index contributed by atoms with van der Waals surface area (Å²) in [4.78, 5) is 13.2. The molecule has 0 radical (unpaired) electrons. The molecule has 0 unspecified atom stereocenters. The van der Waals surface area contributed by atoms with E-state index < -0.39 is 21.8 Å². The molecule has 0 fully saturated rings. The van der Waals surface area contributed by atoms with Crippen molar-refractivity contribution in [1.82, 2.24) is 0 Å². The summed E-state index contributed by atoms with van der Waals surface area (Å²) in [7, 11) is -3.23. The highest BCUT2D eigenvalue weighted by molar-refractivity contribution is 7.86. The van der Waals surface area contributed by atoms with Gasteiger partial charge in [-0.3, -0.25) is 9.69 Å². The minimum absolute atomic E-state index is 0.105. The van der Waals surface area contributed by atoms with E-state index in [0.717, 1.165) is 11.1 Å². The number of methoxy groups -OCH3 is 1. The number of carbonyl (C=O) groups excluding carboxylic acids is 1. The van der Waals surface area contributed by atoms with E-state index in [-0.39, 0.29) is 6.73 Å². The third-order valence-electron chi connectivity index (χ3n) is 2.83. The molecule has 0 heterocycles. The maximum atomic E-state index is 12.0. The van der Waals surface area contributed by atoms with Gasteiger partial charge in [0.1, 0.15) is 22.6 Å². The normalized spacial score (nSPS) is 11.4. The Morgan fingerprint density at radius 2 is 2.05 bits per heavy atom. The maximum Gasteiger partial charge on any atom is 0.242 e. The summed E-state index contributed by atoms with van der Waals surface area (Å²) in [6.45, 7) is 3.64. The van der Waals surface area contributed by atoms with E-state index in [9.17, 15) is 17.8 Å². The number of carbonyl (C=O) groups is 1. The quantitative estimate of drug-likeness (QED) is 0.578. The van der Waals surface area contributed by atoms with Crippen LogP contribution in [0.3, 0.4) is 0 Å². The summed E-state index contributed by atoms with van der Waals surface area (Å²) in [6.07, 6.45) is 0.675. The number of hydrogen-bond acceptors (Lipinski definition) is 5. The molecule has 1 aromatic rings. The lowest BCUT2D eigenvalue weighted by molar-refractivity contribution is -0.117. The zero-order valence-corrected chi connectivity index (χ0v) is 12.6. The smallest absolute Gasteiger partial charge is 0.242 e. The van der Waals surface area contributed by atoms with Crippen LogP contribution in [-0.2, 0) is 26.1 Å². The molecule has 1 aromatic carbocycles. The molecule has 112 valence electrons. The first kappa shape index (κ1) is 16.6. The van der Waals surface area contributed by atoms with Crippen LogP contribution in [0.1, 0.15) is 18.1 Å². The Morgan fingerprint density at radius 1 is 1.40 bits per heavy atom. The fourth-order valence-electron chi connectivity index (χ4n) is 2.01. The van der Waals surface area contributed by atoms with Crippen LogP contribution in [-0.4, -0.2) is 38.5 Å². The van der Waals surface area contributed by atoms with Crippen molar-refractivity contribution in [3.63, 3.8) is 0 Å². The Kier molecular flexibility index (Phi) is 5.67. The number of aryl methyl sites for hydroxylation is 2. The Labute approximate surface area is 119 Å². The highest BCUT2D eigenvalue weighted by Gasteiger charge is 2.21. The largest absolute Gasteiger partial charge is 0.748 e. The van der Waals surface area contributed by atoms with E-state index in [4.69, 9.17) is 4.74 Å². The Morgan fingerprint density at radius 3 is 2.55 bits per heavy atom. The first-order chi connectivity index (χ1) is 9.30. The van der Waals surface area contributed by atoms with E-state index in [1.807, 2.05) is 32.0 Å². The van der Waals surface area contributed by atoms with Gasteiger partial charge in [0.05, 0.1) is 5.69 Å². The van der Waals surface area contributed by atoms with E-state index in [2.05, 4.69) is 0 Å². The lowest BCUT2D eigenvalue weighted by Gasteiger charge is -2.26. The van der Waals surface area contributed by atoms with Crippen LogP contribution in [0.4, 0.5) is 5.69 Å². The highest BCUT2D eigenvalue weighted by atomic mass is 32.2. The zero-order valence-electron chi connectivity index (χ0n) is 11.8. The number of hydrogen-bond donors (Lipinski definition) is 0. The van der Waals surface area contributed by atoms with Crippen molar-refractivity contribution >= 4 is 21.7 Å². The minimum atomic E-state index is -4.62. The first-order valence-corrected chi connectivity index (χ1v) is 7.69. The Balaban J connectivity index is 3.24. The molecule has 0 aliphatic rings. The number of ether oxygens (including phenoxy) is 1. The maximum absolute atomic E-state index is 12.0. The summed E-state index contributed by atoms with van der Waals surface area (Å²) >= 11 is 0. The number of rotatable bonds is 6. The lowest BCUT2D eigenvalue weighted by atomic mass is 10.0. The number of benzene rings is 1.